The Morgan fingerprint density at radius 3 is 2.46 bits per heavy atom. The number of hydrogen-bond acceptors (Lipinski definition) is 4. The number of aromatic nitrogens is 2. The third-order valence-corrected chi connectivity index (χ3v) is 4.05. The van der Waals surface area contributed by atoms with E-state index in [4.69, 9.17) is 9.47 Å². The van der Waals surface area contributed by atoms with E-state index < -0.39 is 17.6 Å². The normalized spacial score (nSPS) is 11.5. The summed E-state index contributed by atoms with van der Waals surface area (Å²) in [7, 11) is 1.56. The minimum Gasteiger partial charge on any atom is -0.497 e. The van der Waals surface area contributed by atoms with Gasteiger partial charge in [-0.3, -0.25) is 9.20 Å². The molecule has 1 amide bonds. The van der Waals surface area contributed by atoms with Gasteiger partial charge in [-0.25, -0.2) is 4.98 Å². The first-order valence-corrected chi connectivity index (χ1v) is 8.40. The number of imidazole rings is 1. The number of rotatable bonds is 6. The number of hydrogen-bond donors (Lipinski definition) is 1. The van der Waals surface area contributed by atoms with Crippen LogP contribution in [0.3, 0.4) is 0 Å². The molecule has 148 valence electrons. The third kappa shape index (κ3) is 4.19. The molecule has 1 aromatic carbocycles. The molecule has 0 saturated carbocycles. The molecule has 3 rings (SSSR count). The highest BCUT2D eigenvalue weighted by Gasteiger charge is 2.31. The molecule has 0 atom stereocenters. The first-order valence-electron chi connectivity index (χ1n) is 8.40. The second-order valence-corrected chi connectivity index (χ2v) is 5.97. The number of carbonyl (C=O) groups excluding carboxylic acids is 1. The second-order valence-electron chi connectivity index (χ2n) is 5.97. The van der Waals surface area contributed by atoms with Crippen LogP contribution in [0.5, 0.6) is 11.5 Å². The van der Waals surface area contributed by atoms with Gasteiger partial charge in [0.15, 0.2) is 0 Å². The molecule has 0 aliphatic rings. The number of nitrogens with one attached hydrogen (secondary N) is 1. The largest absolute Gasteiger partial charge is 0.497 e. The highest BCUT2D eigenvalue weighted by atomic mass is 19.4. The zero-order valence-electron chi connectivity index (χ0n) is 15.2. The molecule has 0 fully saturated rings. The summed E-state index contributed by atoms with van der Waals surface area (Å²) < 4.78 is 50.6. The molecule has 0 unspecified atom stereocenters. The number of halogens is 3. The zero-order chi connectivity index (χ0) is 20.3. The van der Waals surface area contributed by atoms with E-state index in [1.165, 1.54) is 6.07 Å². The molecule has 0 bridgehead atoms. The molecule has 9 heteroatoms. The first kappa shape index (κ1) is 19.5. The molecule has 0 saturated heterocycles. The van der Waals surface area contributed by atoms with Gasteiger partial charge in [-0.05, 0) is 43.3 Å². The Labute approximate surface area is 158 Å². The number of amides is 1. The summed E-state index contributed by atoms with van der Waals surface area (Å²) in [5.74, 6) is 0.778. The van der Waals surface area contributed by atoms with Crippen molar-refractivity contribution in [1.29, 1.82) is 0 Å². The molecule has 0 aliphatic carbocycles. The van der Waals surface area contributed by atoms with Crippen LogP contribution in [0.25, 0.3) is 5.65 Å². The maximum atomic E-state index is 13.0. The minimum absolute atomic E-state index is 0.0607. The molecular formula is C19H18F3N3O3. The van der Waals surface area contributed by atoms with Crippen LogP contribution >= 0.6 is 0 Å². The molecule has 3 aromatic rings. The number of nitrogens with zero attached hydrogens (tertiary/aromatic N) is 2. The number of aryl methyl sites for hydroxylation is 1. The van der Waals surface area contributed by atoms with Crippen molar-refractivity contribution in [2.75, 3.05) is 20.3 Å². The number of carbonyl (C=O) groups is 1. The predicted octanol–water partition coefficient (Wildman–Crippen LogP) is 3.48. The summed E-state index contributed by atoms with van der Waals surface area (Å²) in [6.45, 7) is 1.95. The van der Waals surface area contributed by atoms with Crippen molar-refractivity contribution in [2.24, 2.45) is 0 Å². The lowest BCUT2D eigenvalue weighted by molar-refractivity contribution is -0.137. The molecule has 1 N–H and O–H groups in total. The lowest BCUT2D eigenvalue weighted by Gasteiger charge is -2.10. The van der Waals surface area contributed by atoms with Gasteiger partial charge in [0.05, 0.1) is 24.9 Å². The van der Waals surface area contributed by atoms with Crippen molar-refractivity contribution in [3.8, 4) is 11.5 Å². The Morgan fingerprint density at radius 1 is 1.14 bits per heavy atom. The van der Waals surface area contributed by atoms with Gasteiger partial charge in [0.2, 0.25) is 0 Å². The van der Waals surface area contributed by atoms with E-state index >= 15 is 0 Å². The highest BCUT2D eigenvalue weighted by Crippen LogP contribution is 2.29. The molecular weight excluding hydrogens is 375 g/mol. The summed E-state index contributed by atoms with van der Waals surface area (Å²) in [5, 5.41) is 2.64. The minimum atomic E-state index is -4.51. The fraction of sp³-hybridized carbons (Fsp3) is 0.263. The number of fused-ring (bicyclic) bond motifs is 1. The van der Waals surface area contributed by atoms with Gasteiger partial charge in [0.25, 0.3) is 5.91 Å². The van der Waals surface area contributed by atoms with E-state index in [9.17, 15) is 18.0 Å². The molecule has 6 nitrogen and oxygen atoms in total. The lowest BCUT2D eigenvalue weighted by Crippen LogP contribution is -2.29. The van der Waals surface area contributed by atoms with Gasteiger partial charge in [-0.1, -0.05) is 0 Å². The Hall–Kier alpha value is -3.23. The average molecular weight is 393 g/mol. The van der Waals surface area contributed by atoms with Crippen molar-refractivity contribution in [3.63, 3.8) is 0 Å². The number of methoxy groups -OCH3 is 1. The fourth-order valence-corrected chi connectivity index (χ4v) is 2.69. The van der Waals surface area contributed by atoms with Crippen LogP contribution in [-0.2, 0) is 6.18 Å². The molecule has 0 spiro atoms. The number of pyridine rings is 1. The van der Waals surface area contributed by atoms with Gasteiger partial charge in [0.1, 0.15) is 29.4 Å². The number of alkyl halides is 3. The summed E-state index contributed by atoms with van der Waals surface area (Å²) in [5.41, 5.74) is -0.183. The summed E-state index contributed by atoms with van der Waals surface area (Å²) >= 11 is 0. The summed E-state index contributed by atoms with van der Waals surface area (Å²) in [4.78, 5) is 16.6. The van der Waals surface area contributed by atoms with Crippen molar-refractivity contribution in [1.82, 2.24) is 14.7 Å². The average Bonchev–Trinajstić information content (AvgIpc) is 2.99. The smallest absolute Gasteiger partial charge is 0.417 e. The zero-order valence-corrected chi connectivity index (χ0v) is 15.2. The molecule has 28 heavy (non-hydrogen) atoms. The molecule has 0 aliphatic heterocycles. The maximum absolute atomic E-state index is 13.0. The van der Waals surface area contributed by atoms with Crippen LogP contribution in [0.4, 0.5) is 13.2 Å². The van der Waals surface area contributed by atoms with E-state index in [1.807, 2.05) is 0 Å². The van der Waals surface area contributed by atoms with Crippen LogP contribution in [-0.4, -0.2) is 35.6 Å². The van der Waals surface area contributed by atoms with Gasteiger partial charge >= 0.3 is 6.18 Å². The lowest BCUT2D eigenvalue weighted by atomic mass is 10.2. The Bertz CT molecular complexity index is 982. The van der Waals surface area contributed by atoms with Crippen LogP contribution < -0.4 is 14.8 Å². The SMILES string of the molecule is COc1ccc(OCCNC(=O)c2c(C)nc3ccc(C(F)(F)F)cn23)cc1. The van der Waals surface area contributed by atoms with Crippen LogP contribution in [0.15, 0.2) is 42.6 Å². The van der Waals surface area contributed by atoms with Crippen LogP contribution in [0, 0.1) is 6.92 Å². The van der Waals surface area contributed by atoms with Crippen molar-refractivity contribution in [2.45, 2.75) is 13.1 Å². The van der Waals surface area contributed by atoms with Gasteiger partial charge in [0, 0.05) is 6.20 Å². The van der Waals surface area contributed by atoms with Crippen LogP contribution in [0.1, 0.15) is 21.7 Å². The molecule has 2 heterocycles. The number of ether oxygens (including phenoxy) is 2. The van der Waals surface area contributed by atoms with Crippen molar-refractivity contribution < 1.29 is 27.4 Å². The predicted molar refractivity (Wildman–Crippen MR) is 95.8 cm³/mol. The Morgan fingerprint density at radius 2 is 1.82 bits per heavy atom. The van der Waals surface area contributed by atoms with Crippen LogP contribution in [0.2, 0.25) is 0 Å². The van der Waals surface area contributed by atoms with E-state index in [0.717, 1.165) is 16.7 Å². The van der Waals surface area contributed by atoms with E-state index in [-0.39, 0.29) is 24.5 Å². The van der Waals surface area contributed by atoms with Crippen molar-refractivity contribution in [3.05, 3.63) is 59.5 Å². The topological polar surface area (TPSA) is 64.9 Å². The van der Waals surface area contributed by atoms with E-state index in [1.54, 1.807) is 38.3 Å². The molecule has 2 aromatic heterocycles. The third-order valence-electron chi connectivity index (χ3n) is 4.05. The van der Waals surface area contributed by atoms with Gasteiger partial charge in [-0.15, -0.1) is 0 Å². The highest BCUT2D eigenvalue weighted by molar-refractivity contribution is 5.94. The first-order chi connectivity index (χ1) is 13.3. The second kappa shape index (κ2) is 7.79. The fourth-order valence-electron chi connectivity index (χ4n) is 2.69. The van der Waals surface area contributed by atoms with Gasteiger partial charge < -0.3 is 14.8 Å². The summed E-state index contributed by atoms with van der Waals surface area (Å²) in [6, 6.07) is 9.12. The monoisotopic (exact) mass is 393 g/mol. The number of benzene rings is 1. The van der Waals surface area contributed by atoms with Crippen molar-refractivity contribution >= 4 is 11.6 Å². The van der Waals surface area contributed by atoms with E-state index in [0.29, 0.717) is 17.2 Å². The standard InChI is InChI=1S/C19H18F3N3O3/c1-12-17(25-11-13(19(20,21)22)3-8-16(25)24-12)18(26)23-9-10-28-15-6-4-14(27-2)5-7-15/h3-8,11H,9-10H2,1-2H3,(H,23,26). The quantitative estimate of drug-likeness (QED) is 0.652. The van der Waals surface area contributed by atoms with E-state index in [2.05, 4.69) is 10.3 Å². The Kier molecular flexibility index (Phi) is 5.43. The summed E-state index contributed by atoms with van der Waals surface area (Å²) in [6.07, 6.45) is -3.63. The molecule has 0 radical (unpaired) electrons. The Balaban J connectivity index is 1.66. The van der Waals surface area contributed by atoms with Gasteiger partial charge in [-0.2, -0.15) is 13.2 Å². The maximum Gasteiger partial charge on any atom is 0.417 e.